The Morgan fingerprint density at radius 3 is 2.80 bits per heavy atom. The van der Waals surface area contributed by atoms with Gasteiger partial charge < -0.3 is 15.4 Å². The van der Waals surface area contributed by atoms with Crippen LogP contribution in [0.1, 0.15) is 31.7 Å². The molecular formula is C16H24N2O2. The van der Waals surface area contributed by atoms with E-state index < -0.39 is 0 Å². The summed E-state index contributed by atoms with van der Waals surface area (Å²) in [7, 11) is 1.45. The number of carbonyl (C=O) groups excluding carboxylic acids is 1. The van der Waals surface area contributed by atoms with E-state index in [9.17, 15) is 4.79 Å². The molecule has 1 aliphatic rings. The minimum absolute atomic E-state index is 0.117. The van der Waals surface area contributed by atoms with Crippen LogP contribution in [0.5, 0.6) is 0 Å². The standard InChI is InChI=1S/C16H24N2O2/c1-11(16(19)20-3)12(2)18-10-13(8-9-17)14-6-4-5-7-15(14)18/h4-7,11-13H,8-10,17H2,1-3H3. The average molecular weight is 276 g/mol. The normalized spacial score (nSPS) is 20.4. The molecule has 0 fully saturated rings. The molecule has 4 nitrogen and oxygen atoms in total. The van der Waals surface area contributed by atoms with Gasteiger partial charge in [-0.1, -0.05) is 18.2 Å². The fourth-order valence-corrected chi connectivity index (χ4v) is 3.01. The van der Waals surface area contributed by atoms with Gasteiger partial charge in [-0.25, -0.2) is 0 Å². The Morgan fingerprint density at radius 2 is 2.15 bits per heavy atom. The predicted octanol–water partition coefficient (Wildman–Crippen LogP) is 2.14. The van der Waals surface area contributed by atoms with Crippen molar-refractivity contribution in [1.82, 2.24) is 0 Å². The zero-order chi connectivity index (χ0) is 14.7. The fraction of sp³-hybridized carbons (Fsp3) is 0.562. The first-order valence-electron chi connectivity index (χ1n) is 7.23. The Bertz CT molecular complexity index is 475. The van der Waals surface area contributed by atoms with Gasteiger partial charge in [0.2, 0.25) is 0 Å². The zero-order valence-corrected chi connectivity index (χ0v) is 12.5. The van der Waals surface area contributed by atoms with Gasteiger partial charge in [-0.15, -0.1) is 0 Å². The molecule has 4 heteroatoms. The molecule has 20 heavy (non-hydrogen) atoms. The molecule has 0 saturated carbocycles. The molecule has 0 amide bonds. The number of ether oxygens (including phenoxy) is 1. The third kappa shape index (κ3) is 2.66. The van der Waals surface area contributed by atoms with Gasteiger partial charge in [0.1, 0.15) is 0 Å². The number of fused-ring (bicyclic) bond motifs is 1. The number of methoxy groups -OCH3 is 1. The molecule has 2 N–H and O–H groups in total. The molecule has 110 valence electrons. The van der Waals surface area contributed by atoms with Crippen molar-refractivity contribution in [1.29, 1.82) is 0 Å². The third-order valence-electron chi connectivity index (χ3n) is 4.41. The number of esters is 1. The monoisotopic (exact) mass is 276 g/mol. The quantitative estimate of drug-likeness (QED) is 0.837. The SMILES string of the molecule is COC(=O)C(C)C(C)N1CC(CCN)c2ccccc21. The Hall–Kier alpha value is -1.55. The second kappa shape index (κ2) is 6.27. The number of rotatable bonds is 5. The van der Waals surface area contributed by atoms with Gasteiger partial charge in [-0.3, -0.25) is 4.79 Å². The first-order valence-corrected chi connectivity index (χ1v) is 7.23. The number of hydrogen-bond donors (Lipinski definition) is 1. The number of carbonyl (C=O) groups is 1. The van der Waals surface area contributed by atoms with E-state index in [2.05, 4.69) is 30.0 Å². The molecule has 0 aromatic heterocycles. The number of nitrogens with two attached hydrogens (primary N) is 1. The van der Waals surface area contributed by atoms with Crippen molar-refractivity contribution in [3.63, 3.8) is 0 Å². The first kappa shape index (κ1) is 14.9. The summed E-state index contributed by atoms with van der Waals surface area (Å²) in [6, 6.07) is 8.54. The van der Waals surface area contributed by atoms with Crippen molar-refractivity contribution >= 4 is 11.7 Å². The van der Waals surface area contributed by atoms with Crippen LogP contribution < -0.4 is 10.6 Å². The Balaban J connectivity index is 2.24. The Kier molecular flexibility index (Phi) is 4.65. The van der Waals surface area contributed by atoms with E-state index in [1.54, 1.807) is 0 Å². The van der Waals surface area contributed by atoms with E-state index in [1.807, 2.05) is 13.0 Å². The van der Waals surface area contributed by atoms with E-state index in [0.717, 1.165) is 13.0 Å². The Morgan fingerprint density at radius 1 is 1.45 bits per heavy atom. The van der Waals surface area contributed by atoms with Gasteiger partial charge in [0.05, 0.1) is 13.0 Å². The maximum absolute atomic E-state index is 11.8. The van der Waals surface area contributed by atoms with Crippen molar-refractivity contribution < 1.29 is 9.53 Å². The van der Waals surface area contributed by atoms with E-state index >= 15 is 0 Å². The van der Waals surface area contributed by atoms with E-state index in [-0.39, 0.29) is 17.9 Å². The smallest absolute Gasteiger partial charge is 0.310 e. The minimum Gasteiger partial charge on any atom is -0.469 e. The van der Waals surface area contributed by atoms with Gasteiger partial charge in [0.15, 0.2) is 0 Å². The summed E-state index contributed by atoms with van der Waals surface area (Å²) in [5, 5.41) is 0. The van der Waals surface area contributed by atoms with Gasteiger partial charge >= 0.3 is 5.97 Å². The van der Waals surface area contributed by atoms with Crippen LogP contribution >= 0.6 is 0 Å². The van der Waals surface area contributed by atoms with Crippen LogP contribution in [-0.4, -0.2) is 32.2 Å². The molecule has 0 saturated heterocycles. The predicted molar refractivity (Wildman–Crippen MR) is 80.8 cm³/mol. The van der Waals surface area contributed by atoms with E-state index in [1.165, 1.54) is 18.4 Å². The summed E-state index contributed by atoms with van der Waals surface area (Å²) in [6.07, 6.45) is 0.979. The van der Waals surface area contributed by atoms with E-state index in [0.29, 0.717) is 12.5 Å². The second-order valence-electron chi connectivity index (χ2n) is 5.54. The van der Waals surface area contributed by atoms with E-state index in [4.69, 9.17) is 10.5 Å². The van der Waals surface area contributed by atoms with Gasteiger partial charge in [0.25, 0.3) is 0 Å². The van der Waals surface area contributed by atoms with Gasteiger partial charge in [-0.2, -0.15) is 0 Å². The summed E-state index contributed by atoms with van der Waals surface area (Å²) in [5.74, 6) is 0.158. The van der Waals surface area contributed by atoms with Gasteiger partial charge in [0, 0.05) is 24.2 Å². The molecule has 0 spiro atoms. The number of hydrogen-bond acceptors (Lipinski definition) is 4. The van der Waals surface area contributed by atoms with Crippen molar-refractivity contribution in [2.75, 3.05) is 25.1 Å². The number of anilines is 1. The highest BCUT2D eigenvalue weighted by Crippen LogP contribution is 2.39. The van der Waals surface area contributed by atoms with Crippen molar-refractivity contribution in [2.45, 2.75) is 32.2 Å². The van der Waals surface area contributed by atoms with Crippen molar-refractivity contribution in [3.05, 3.63) is 29.8 Å². The van der Waals surface area contributed by atoms with Crippen LogP contribution in [0.15, 0.2) is 24.3 Å². The molecule has 1 aromatic carbocycles. The second-order valence-corrected chi connectivity index (χ2v) is 5.54. The lowest BCUT2D eigenvalue weighted by atomic mass is 9.98. The lowest BCUT2D eigenvalue weighted by Gasteiger charge is -2.31. The summed E-state index contributed by atoms with van der Waals surface area (Å²) >= 11 is 0. The molecule has 3 unspecified atom stereocenters. The highest BCUT2D eigenvalue weighted by atomic mass is 16.5. The minimum atomic E-state index is -0.155. The molecule has 0 radical (unpaired) electrons. The molecule has 0 aliphatic carbocycles. The fourth-order valence-electron chi connectivity index (χ4n) is 3.01. The summed E-state index contributed by atoms with van der Waals surface area (Å²) in [4.78, 5) is 14.1. The topological polar surface area (TPSA) is 55.6 Å². The van der Waals surface area contributed by atoms with Crippen LogP contribution in [0.3, 0.4) is 0 Å². The first-order chi connectivity index (χ1) is 9.60. The van der Waals surface area contributed by atoms with Crippen LogP contribution in [0.4, 0.5) is 5.69 Å². The van der Waals surface area contributed by atoms with Crippen LogP contribution in [0, 0.1) is 5.92 Å². The molecule has 3 atom stereocenters. The molecule has 1 heterocycles. The van der Waals surface area contributed by atoms with Crippen LogP contribution in [0.2, 0.25) is 0 Å². The lowest BCUT2D eigenvalue weighted by molar-refractivity contribution is -0.145. The highest BCUT2D eigenvalue weighted by molar-refractivity contribution is 5.74. The maximum atomic E-state index is 11.8. The van der Waals surface area contributed by atoms with Crippen molar-refractivity contribution in [2.24, 2.45) is 11.7 Å². The highest BCUT2D eigenvalue weighted by Gasteiger charge is 2.34. The largest absolute Gasteiger partial charge is 0.469 e. The van der Waals surface area contributed by atoms with Crippen LogP contribution in [-0.2, 0) is 9.53 Å². The van der Waals surface area contributed by atoms with Crippen LogP contribution in [0.25, 0.3) is 0 Å². The summed E-state index contributed by atoms with van der Waals surface area (Å²) in [6.45, 7) is 5.63. The molecule has 0 bridgehead atoms. The summed E-state index contributed by atoms with van der Waals surface area (Å²) in [5.41, 5.74) is 8.30. The number of para-hydroxylation sites is 1. The summed E-state index contributed by atoms with van der Waals surface area (Å²) < 4.78 is 4.87. The molecule has 1 aromatic rings. The Labute approximate surface area is 120 Å². The number of nitrogens with zero attached hydrogens (tertiary/aromatic N) is 1. The average Bonchev–Trinajstić information content (AvgIpc) is 2.84. The molecule has 2 rings (SSSR count). The number of benzene rings is 1. The van der Waals surface area contributed by atoms with Crippen molar-refractivity contribution in [3.8, 4) is 0 Å². The lowest BCUT2D eigenvalue weighted by Crippen LogP contribution is -2.40. The molecule has 1 aliphatic heterocycles. The third-order valence-corrected chi connectivity index (χ3v) is 4.41. The zero-order valence-electron chi connectivity index (χ0n) is 12.5. The molecular weight excluding hydrogens is 252 g/mol. The maximum Gasteiger partial charge on any atom is 0.310 e. The van der Waals surface area contributed by atoms with Gasteiger partial charge in [-0.05, 0) is 38.4 Å².